The van der Waals surface area contributed by atoms with Crippen molar-refractivity contribution < 1.29 is 14.6 Å². The van der Waals surface area contributed by atoms with Crippen molar-refractivity contribution in [3.8, 4) is 11.5 Å². The summed E-state index contributed by atoms with van der Waals surface area (Å²) in [7, 11) is 0. The highest BCUT2D eigenvalue weighted by Gasteiger charge is 2.27. The van der Waals surface area contributed by atoms with Crippen LogP contribution in [0.3, 0.4) is 0 Å². The first kappa shape index (κ1) is 19.6. The molecule has 0 bridgehead atoms. The van der Waals surface area contributed by atoms with Crippen molar-refractivity contribution in [3.63, 3.8) is 0 Å². The average Bonchev–Trinajstić information content (AvgIpc) is 2.99. The van der Waals surface area contributed by atoms with Gasteiger partial charge in [-0.2, -0.15) is 0 Å². The zero-order valence-corrected chi connectivity index (χ0v) is 17.5. The second-order valence-corrected chi connectivity index (χ2v) is 7.95. The number of aryl methyl sites for hydroxylation is 1. The molecular formula is C20H21BrN2O3S. The molecule has 2 aromatic rings. The Hall–Kier alpha value is -2.12. The smallest absolute Gasteiger partial charge is 0.260 e. The summed E-state index contributed by atoms with van der Waals surface area (Å²) < 4.78 is 6.11. The number of anilines is 1. The Morgan fingerprint density at radius 3 is 2.70 bits per heavy atom. The minimum absolute atomic E-state index is 0.0597. The molecule has 27 heavy (non-hydrogen) atoms. The highest BCUT2D eigenvalue weighted by molar-refractivity contribution is 9.10. The molecule has 1 amide bonds. The molecule has 3 N–H and O–H groups in total. The van der Waals surface area contributed by atoms with Gasteiger partial charge in [0.1, 0.15) is 0 Å². The van der Waals surface area contributed by atoms with Crippen LogP contribution < -0.4 is 15.4 Å². The van der Waals surface area contributed by atoms with Crippen molar-refractivity contribution in [2.45, 2.75) is 25.8 Å². The number of benzene rings is 2. The summed E-state index contributed by atoms with van der Waals surface area (Å²) in [6, 6.07) is 11.5. The topological polar surface area (TPSA) is 70.6 Å². The number of ether oxygens (including phenoxy) is 1. The van der Waals surface area contributed by atoms with Crippen LogP contribution in [0.15, 0.2) is 45.8 Å². The molecule has 1 aliphatic rings. The van der Waals surface area contributed by atoms with E-state index in [9.17, 15) is 9.90 Å². The predicted octanol–water partition coefficient (Wildman–Crippen LogP) is 4.72. The lowest BCUT2D eigenvalue weighted by molar-refractivity contribution is -0.116. The molecule has 1 fully saturated rings. The molecule has 7 heteroatoms. The van der Waals surface area contributed by atoms with E-state index in [0.717, 1.165) is 17.7 Å². The maximum atomic E-state index is 12.3. The minimum atomic E-state index is -0.238. The third-order valence-electron chi connectivity index (χ3n) is 4.06. The normalized spacial score (nSPS) is 17.8. The Kier molecular flexibility index (Phi) is 6.34. The number of aromatic hydroxyl groups is 1. The van der Waals surface area contributed by atoms with Gasteiger partial charge in [0, 0.05) is 10.2 Å². The molecule has 2 aromatic carbocycles. The first-order valence-corrected chi connectivity index (χ1v) is 10.4. The summed E-state index contributed by atoms with van der Waals surface area (Å²) >= 11 is 4.84. The number of halogens is 1. The average molecular weight is 449 g/mol. The van der Waals surface area contributed by atoms with E-state index in [-0.39, 0.29) is 17.2 Å². The number of phenolic OH excluding ortho intramolecular Hbond substituents is 1. The Morgan fingerprint density at radius 2 is 2.04 bits per heavy atom. The van der Waals surface area contributed by atoms with E-state index in [4.69, 9.17) is 4.74 Å². The van der Waals surface area contributed by atoms with E-state index < -0.39 is 0 Å². The van der Waals surface area contributed by atoms with Crippen molar-refractivity contribution >= 4 is 45.4 Å². The van der Waals surface area contributed by atoms with Crippen LogP contribution in [0, 0.1) is 0 Å². The van der Waals surface area contributed by atoms with E-state index >= 15 is 0 Å². The second kappa shape index (κ2) is 8.71. The SMILES string of the molecule is CCOc1cc(/C=C2\SC(Nc3ccc(CC)cc3)NC2=O)c(Br)cc1O. The number of phenols is 1. The third kappa shape index (κ3) is 4.78. The van der Waals surface area contributed by atoms with Crippen LogP contribution in [0.2, 0.25) is 0 Å². The molecular weight excluding hydrogens is 428 g/mol. The molecule has 0 spiro atoms. The summed E-state index contributed by atoms with van der Waals surface area (Å²) in [6.07, 6.45) is 2.78. The Labute approximate surface area is 171 Å². The summed E-state index contributed by atoms with van der Waals surface area (Å²) in [6.45, 7) is 4.41. The van der Waals surface area contributed by atoms with Crippen molar-refractivity contribution in [2.24, 2.45) is 0 Å². The standard InChI is InChI=1S/C20H21BrN2O3S/c1-3-12-5-7-14(8-6-12)22-20-23-19(25)18(27-20)10-13-9-17(26-4-2)16(24)11-15(13)21/h5-11,20,22,24H,3-4H2,1-2H3,(H,23,25)/b18-10-. The summed E-state index contributed by atoms with van der Waals surface area (Å²) in [5, 5.41) is 16.2. The van der Waals surface area contributed by atoms with E-state index in [1.54, 1.807) is 18.2 Å². The van der Waals surface area contributed by atoms with Crippen LogP contribution >= 0.6 is 27.7 Å². The lowest BCUT2D eigenvalue weighted by Crippen LogP contribution is -2.30. The van der Waals surface area contributed by atoms with Gasteiger partial charge in [-0.15, -0.1) is 0 Å². The monoisotopic (exact) mass is 448 g/mol. The molecule has 1 unspecified atom stereocenters. The first-order chi connectivity index (χ1) is 13.0. The van der Waals surface area contributed by atoms with Crippen LogP contribution in [0.4, 0.5) is 5.69 Å². The van der Waals surface area contributed by atoms with Gasteiger partial charge >= 0.3 is 0 Å². The molecule has 5 nitrogen and oxygen atoms in total. The van der Waals surface area contributed by atoms with E-state index in [0.29, 0.717) is 21.7 Å². The van der Waals surface area contributed by atoms with Gasteiger partial charge in [-0.25, -0.2) is 0 Å². The maximum absolute atomic E-state index is 12.3. The number of hydrogen-bond donors (Lipinski definition) is 3. The number of carbonyl (C=O) groups excluding carboxylic acids is 1. The van der Waals surface area contributed by atoms with Crippen LogP contribution in [-0.2, 0) is 11.2 Å². The van der Waals surface area contributed by atoms with E-state index in [2.05, 4.69) is 45.6 Å². The van der Waals surface area contributed by atoms with Crippen molar-refractivity contribution in [3.05, 3.63) is 56.9 Å². The minimum Gasteiger partial charge on any atom is -0.504 e. The lowest BCUT2D eigenvalue weighted by Gasteiger charge is -2.13. The summed E-state index contributed by atoms with van der Waals surface area (Å²) in [5.41, 5.74) is 2.75. The zero-order chi connectivity index (χ0) is 19.4. The largest absolute Gasteiger partial charge is 0.504 e. The van der Waals surface area contributed by atoms with E-state index in [1.165, 1.54) is 17.3 Å². The van der Waals surface area contributed by atoms with Crippen LogP contribution in [0.1, 0.15) is 25.0 Å². The Morgan fingerprint density at radius 1 is 1.30 bits per heavy atom. The fourth-order valence-corrected chi connectivity index (χ4v) is 4.06. The zero-order valence-electron chi connectivity index (χ0n) is 15.1. The van der Waals surface area contributed by atoms with Gasteiger partial charge in [0.05, 0.1) is 11.5 Å². The van der Waals surface area contributed by atoms with Crippen LogP contribution in [0.5, 0.6) is 11.5 Å². The van der Waals surface area contributed by atoms with Crippen LogP contribution in [-0.4, -0.2) is 23.1 Å². The fourth-order valence-electron chi connectivity index (χ4n) is 2.63. The van der Waals surface area contributed by atoms with Crippen molar-refractivity contribution in [2.75, 3.05) is 11.9 Å². The molecule has 0 aromatic heterocycles. The Balaban J connectivity index is 1.75. The highest BCUT2D eigenvalue weighted by Crippen LogP contribution is 2.36. The van der Waals surface area contributed by atoms with Gasteiger partial charge in [0.25, 0.3) is 5.91 Å². The Bertz CT molecular complexity index is 868. The molecule has 1 saturated heterocycles. The third-order valence-corrected chi connectivity index (χ3v) is 5.77. The second-order valence-electron chi connectivity index (χ2n) is 5.95. The van der Waals surface area contributed by atoms with Gasteiger partial charge < -0.3 is 20.5 Å². The number of hydrogen-bond acceptors (Lipinski definition) is 5. The lowest BCUT2D eigenvalue weighted by atomic mass is 10.1. The van der Waals surface area contributed by atoms with Crippen LogP contribution in [0.25, 0.3) is 6.08 Å². The molecule has 3 rings (SSSR count). The molecule has 0 aliphatic carbocycles. The van der Waals surface area contributed by atoms with Gasteiger partial charge in [-0.1, -0.05) is 46.7 Å². The fraction of sp³-hybridized carbons (Fsp3) is 0.250. The quantitative estimate of drug-likeness (QED) is 0.557. The number of nitrogens with one attached hydrogen (secondary N) is 2. The van der Waals surface area contributed by atoms with Gasteiger partial charge in [0.2, 0.25) is 0 Å². The molecule has 0 saturated carbocycles. The first-order valence-electron chi connectivity index (χ1n) is 8.70. The van der Waals surface area contributed by atoms with Gasteiger partial charge in [0.15, 0.2) is 17.0 Å². The van der Waals surface area contributed by atoms with Crippen molar-refractivity contribution in [1.82, 2.24) is 5.32 Å². The molecule has 1 atom stereocenters. The predicted molar refractivity (Wildman–Crippen MR) is 114 cm³/mol. The van der Waals surface area contributed by atoms with Gasteiger partial charge in [-0.3, -0.25) is 4.79 Å². The van der Waals surface area contributed by atoms with E-state index in [1.807, 2.05) is 19.1 Å². The number of thioether (sulfide) groups is 1. The summed E-state index contributed by atoms with van der Waals surface area (Å²) in [4.78, 5) is 12.9. The number of amides is 1. The molecule has 1 aliphatic heterocycles. The molecule has 142 valence electrons. The summed E-state index contributed by atoms with van der Waals surface area (Å²) in [5.74, 6) is 0.312. The van der Waals surface area contributed by atoms with Crippen molar-refractivity contribution in [1.29, 1.82) is 0 Å². The van der Waals surface area contributed by atoms with Gasteiger partial charge in [-0.05, 0) is 54.8 Å². The highest BCUT2D eigenvalue weighted by atomic mass is 79.9. The number of rotatable bonds is 6. The molecule has 1 heterocycles. The molecule has 0 radical (unpaired) electrons. The number of carbonyl (C=O) groups is 1. The maximum Gasteiger partial charge on any atom is 0.260 e.